The molecular weight excluding hydrogens is 280 g/mol. The Morgan fingerprint density at radius 2 is 1.82 bits per heavy atom. The van der Waals surface area contributed by atoms with Gasteiger partial charge in [-0.05, 0) is 36.1 Å². The number of carbonyl (C=O) groups excluding carboxylic acids is 1. The molecule has 0 aliphatic heterocycles. The first-order chi connectivity index (χ1) is 10.5. The Morgan fingerprint density at radius 3 is 2.41 bits per heavy atom. The number of rotatable bonds is 5. The Bertz CT molecular complexity index is 681. The number of para-hydroxylation sites is 1. The number of nitrogens with zero attached hydrogens (tertiary/aromatic N) is 1. The minimum absolute atomic E-state index is 0.0542. The molecule has 22 heavy (non-hydrogen) atoms. The number of nitro groups is 1. The summed E-state index contributed by atoms with van der Waals surface area (Å²) in [4.78, 5) is 22.6. The lowest BCUT2D eigenvalue weighted by molar-refractivity contribution is -0.385. The van der Waals surface area contributed by atoms with Crippen LogP contribution in [0.3, 0.4) is 0 Å². The minimum atomic E-state index is -0.555. The SMILES string of the molecule is CC[C@@H](C)c1ccc(NC(=O)c2ccccc2[N+](=O)[O-])cc1. The van der Waals surface area contributed by atoms with Gasteiger partial charge in [0.25, 0.3) is 11.6 Å². The first-order valence-corrected chi connectivity index (χ1v) is 7.17. The van der Waals surface area contributed by atoms with E-state index in [4.69, 9.17) is 0 Å². The molecule has 2 aromatic carbocycles. The first-order valence-electron chi connectivity index (χ1n) is 7.17. The molecule has 2 aromatic rings. The maximum absolute atomic E-state index is 12.2. The van der Waals surface area contributed by atoms with E-state index in [0.717, 1.165) is 6.42 Å². The second-order valence-electron chi connectivity index (χ2n) is 5.16. The number of amides is 1. The van der Waals surface area contributed by atoms with Gasteiger partial charge in [-0.1, -0.05) is 38.1 Å². The van der Waals surface area contributed by atoms with E-state index in [1.54, 1.807) is 6.07 Å². The molecule has 0 heterocycles. The number of anilines is 1. The van der Waals surface area contributed by atoms with Crippen molar-refractivity contribution in [1.29, 1.82) is 0 Å². The molecule has 0 aliphatic rings. The molecular formula is C17H18N2O3. The molecule has 2 rings (SSSR count). The highest BCUT2D eigenvalue weighted by atomic mass is 16.6. The summed E-state index contributed by atoms with van der Waals surface area (Å²) in [5, 5.41) is 13.7. The molecule has 0 spiro atoms. The molecule has 0 saturated carbocycles. The fourth-order valence-corrected chi connectivity index (χ4v) is 2.15. The van der Waals surface area contributed by atoms with Crippen LogP contribution in [0, 0.1) is 10.1 Å². The van der Waals surface area contributed by atoms with E-state index in [0.29, 0.717) is 11.6 Å². The number of nitro benzene ring substituents is 1. The van der Waals surface area contributed by atoms with Crippen molar-refractivity contribution < 1.29 is 9.72 Å². The van der Waals surface area contributed by atoms with E-state index >= 15 is 0 Å². The molecule has 0 bridgehead atoms. The summed E-state index contributed by atoms with van der Waals surface area (Å²) in [6, 6.07) is 13.5. The lowest BCUT2D eigenvalue weighted by atomic mass is 9.98. The Hall–Kier alpha value is -2.69. The number of nitrogens with one attached hydrogen (secondary N) is 1. The largest absolute Gasteiger partial charge is 0.322 e. The second-order valence-corrected chi connectivity index (χ2v) is 5.16. The van der Waals surface area contributed by atoms with Gasteiger partial charge >= 0.3 is 0 Å². The lowest BCUT2D eigenvalue weighted by Crippen LogP contribution is -2.13. The standard InChI is InChI=1S/C17H18N2O3/c1-3-12(2)13-8-10-14(11-9-13)18-17(20)15-6-4-5-7-16(15)19(21)22/h4-12H,3H2,1-2H3,(H,18,20)/t12-/m1/s1. The van der Waals surface area contributed by atoms with Gasteiger partial charge in [-0.2, -0.15) is 0 Å². The molecule has 5 heteroatoms. The van der Waals surface area contributed by atoms with Gasteiger partial charge in [-0.3, -0.25) is 14.9 Å². The van der Waals surface area contributed by atoms with E-state index < -0.39 is 10.8 Å². The Morgan fingerprint density at radius 1 is 1.18 bits per heavy atom. The van der Waals surface area contributed by atoms with Gasteiger partial charge < -0.3 is 5.32 Å². The maximum atomic E-state index is 12.2. The van der Waals surface area contributed by atoms with Gasteiger partial charge in [0.05, 0.1) is 4.92 Å². The average molecular weight is 298 g/mol. The monoisotopic (exact) mass is 298 g/mol. The summed E-state index contributed by atoms with van der Waals surface area (Å²) in [6.45, 7) is 4.26. The van der Waals surface area contributed by atoms with Crippen molar-refractivity contribution in [2.24, 2.45) is 0 Å². The third kappa shape index (κ3) is 3.49. The molecule has 0 unspecified atom stereocenters. The van der Waals surface area contributed by atoms with Crippen LogP contribution in [0.5, 0.6) is 0 Å². The summed E-state index contributed by atoms with van der Waals surface area (Å²) in [5.41, 5.74) is 1.68. The highest BCUT2D eigenvalue weighted by Gasteiger charge is 2.19. The third-order valence-electron chi connectivity index (χ3n) is 3.70. The molecule has 114 valence electrons. The van der Waals surface area contributed by atoms with Crippen LogP contribution in [0.4, 0.5) is 11.4 Å². The zero-order valence-electron chi connectivity index (χ0n) is 12.6. The van der Waals surface area contributed by atoms with E-state index in [1.165, 1.54) is 23.8 Å². The topological polar surface area (TPSA) is 72.2 Å². The van der Waals surface area contributed by atoms with Crippen LogP contribution in [-0.4, -0.2) is 10.8 Å². The van der Waals surface area contributed by atoms with Crippen molar-refractivity contribution >= 4 is 17.3 Å². The number of hydrogen-bond donors (Lipinski definition) is 1. The normalized spacial score (nSPS) is 11.7. The van der Waals surface area contributed by atoms with Crippen LogP contribution in [-0.2, 0) is 0 Å². The third-order valence-corrected chi connectivity index (χ3v) is 3.70. The van der Waals surface area contributed by atoms with Crippen molar-refractivity contribution in [2.45, 2.75) is 26.2 Å². The van der Waals surface area contributed by atoms with Crippen LogP contribution in [0.1, 0.15) is 42.1 Å². The second kappa shape index (κ2) is 6.85. The molecule has 1 amide bonds. The van der Waals surface area contributed by atoms with Crippen LogP contribution < -0.4 is 5.32 Å². The van der Waals surface area contributed by atoms with E-state index in [9.17, 15) is 14.9 Å². The van der Waals surface area contributed by atoms with E-state index in [-0.39, 0.29) is 11.3 Å². The predicted molar refractivity (Wildman–Crippen MR) is 86.2 cm³/mol. The average Bonchev–Trinajstić information content (AvgIpc) is 2.54. The van der Waals surface area contributed by atoms with E-state index in [1.807, 2.05) is 24.3 Å². The predicted octanol–water partition coefficient (Wildman–Crippen LogP) is 4.36. The smallest absolute Gasteiger partial charge is 0.282 e. The Kier molecular flexibility index (Phi) is 4.88. The van der Waals surface area contributed by atoms with Gasteiger partial charge in [0, 0.05) is 11.8 Å². The summed E-state index contributed by atoms with van der Waals surface area (Å²) < 4.78 is 0. The van der Waals surface area contributed by atoms with Crippen LogP contribution >= 0.6 is 0 Å². The van der Waals surface area contributed by atoms with Crippen LogP contribution in [0.25, 0.3) is 0 Å². The summed E-state index contributed by atoms with van der Waals surface area (Å²) in [6.07, 6.45) is 1.04. The number of hydrogen-bond acceptors (Lipinski definition) is 3. The minimum Gasteiger partial charge on any atom is -0.322 e. The molecule has 1 N–H and O–H groups in total. The molecule has 5 nitrogen and oxygen atoms in total. The maximum Gasteiger partial charge on any atom is 0.282 e. The Labute approximate surface area is 129 Å². The molecule has 0 aromatic heterocycles. The zero-order valence-corrected chi connectivity index (χ0v) is 12.6. The fraction of sp³-hybridized carbons (Fsp3) is 0.235. The van der Waals surface area contributed by atoms with Gasteiger partial charge in [0.1, 0.15) is 5.56 Å². The molecule has 0 radical (unpaired) electrons. The van der Waals surface area contributed by atoms with Crippen molar-refractivity contribution in [3.8, 4) is 0 Å². The zero-order chi connectivity index (χ0) is 16.1. The quantitative estimate of drug-likeness (QED) is 0.658. The van der Waals surface area contributed by atoms with Gasteiger partial charge in [0.15, 0.2) is 0 Å². The van der Waals surface area contributed by atoms with Crippen molar-refractivity contribution in [3.63, 3.8) is 0 Å². The van der Waals surface area contributed by atoms with Gasteiger partial charge in [-0.25, -0.2) is 0 Å². The fourth-order valence-electron chi connectivity index (χ4n) is 2.15. The highest BCUT2D eigenvalue weighted by molar-refractivity contribution is 6.07. The van der Waals surface area contributed by atoms with Crippen molar-refractivity contribution in [2.75, 3.05) is 5.32 Å². The number of benzene rings is 2. The summed E-state index contributed by atoms with van der Waals surface area (Å²) in [7, 11) is 0. The molecule has 0 saturated heterocycles. The van der Waals surface area contributed by atoms with Gasteiger partial charge in [0.2, 0.25) is 0 Å². The molecule has 0 fully saturated rings. The van der Waals surface area contributed by atoms with Crippen LogP contribution in [0.2, 0.25) is 0 Å². The summed E-state index contributed by atoms with van der Waals surface area (Å²) >= 11 is 0. The lowest BCUT2D eigenvalue weighted by Gasteiger charge is -2.10. The Balaban J connectivity index is 2.17. The number of carbonyl (C=O) groups is 1. The van der Waals surface area contributed by atoms with Crippen LogP contribution in [0.15, 0.2) is 48.5 Å². The first kappa shape index (κ1) is 15.7. The van der Waals surface area contributed by atoms with E-state index in [2.05, 4.69) is 19.2 Å². The molecule has 1 atom stereocenters. The van der Waals surface area contributed by atoms with Crippen molar-refractivity contribution in [3.05, 3.63) is 69.8 Å². The summed E-state index contributed by atoms with van der Waals surface area (Å²) in [5.74, 6) is -0.0245. The van der Waals surface area contributed by atoms with Crippen molar-refractivity contribution in [1.82, 2.24) is 0 Å². The molecule has 0 aliphatic carbocycles. The van der Waals surface area contributed by atoms with Gasteiger partial charge in [-0.15, -0.1) is 0 Å². The highest BCUT2D eigenvalue weighted by Crippen LogP contribution is 2.22.